The highest BCUT2D eigenvalue weighted by Gasteiger charge is 2.31. The van der Waals surface area contributed by atoms with Gasteiger partial charge in [-0.1, -0.05) is 24.6 Å². The topological polar surface area (TPSA) is 84.3 Å². The van der Waals surface area contributed by atoms with Gasteiger partial charge in [0, 0.05) is 31.0 Å². The Balaban J connectivity index is 1.87. The third kappa shape index (κ3) is 4.02. The Kier molecular flexibility index (Phi) is 5.88. The van der Waals surface area contributed by atoms with Crippen LogP contribution in [-0.2, 0) is 40.9 Å². The van der Waals surface area contributed by atoms with E-state index in [0.29, 0.717) is 37.5 Å². The lowest BCUT2D eigenvalue weighted by Crippen LogP contribution is -2.36. The zero-order valence-corrected chi connectivity index (χ0v) is 17.0. The lowest BCUT2D eigenvalue weighted by Gasteiger charge is -2.27. The molecule has 9 heteroatoms. The van der Waals surface area contributed by atoms with Crippen LogP contribution in [0, 0.1) is 0 Å². The van der Waals surface area contributed by atoms with Crippen molar-refractivity contribution in [3.05, 3.63) is 46.5 Å². The molecule has 146 valence electrons. The fourth-order valence-corrected chi connectivity index (χ4v) is 4.94. The number of hydrogen-bond donors (Lipinski definition) is 1. The van der Waals surface area contributed by atoms with Crippen molar-refractivity contribution in [1.29, 1.82) is 0 Å². The maximum Gasteiger partial charge on any atom is 0.243 e. The molecular weight excluding hydrogens is 388 g/mol. The minimum Gasteiger partial charge on any atom is -0.349 e. The Hall–Kier alpha value is -1.90. The number of carbonyl (C=O) groups is 1. The average molecular weight is 411 g/mol. The molecule has 0 saturated carbocycles. The van der Waals surface area contributed by atoms with E-state index >= 15 is 0 Å². The molecule has 7 nitrogen and oxygen atoms in total. The first-order chi connectivity index (χ1) is 12.9. The normalized spacial score (nSPS) is 14.8. The molecule has 0 unspecified atom stereocenters. The van der Waals surface area contributed by atoms with Crippen molar-refractivity contribution < 1.29 is 13.2 Å². The minimum absolute atomic E-state index is 0.0382. The van der Waals surface area contributed by atoms with Gasteiger partial charge in [-0.25, -0.2) is 13.4 Å². The second-order valence-electron chi connectivity index (χ2n) is 6.34. The lowest BCUT2D eigenvalue weighted by molar-refractivity contribution is -0.120. The highest BCUT2D eigenvalue weighted by atomic mass is 35.5. The molecule has 1 aromatic carbocycles. The Bertz CT molecular complexity index is 956. The van der Waals surface area contributed by atoms with Gasteiger partial charge in [0.15, 0.2) is 0 Å². The van der Waals surface area contributed by atoms with Crippen LogP contribution in [0.3, 0.4) is 0 Å². The SMILES string of the molecule is CCC(=O)NCc1nc2c(n1CC)CN(S(=O)(=O)c1cccc(Cl)c1)CC2. The van der Waals surface area contributed by atoms with E-state index in [0.717, 1.165) is 17.2 Å². The lowest BCUT2D eigenvalue weighted by atomic mass is 10.2. The van der Waals surface area contributed by atoms with Gasteiger partial charge in [0.25, 0.3) is 0 Å². The third-order valence-corrected chi connectivity index (χ3v) is 6.75. The van der Waals surface area contributed by atoms with Gasteiger partial charge in [0.2, 0.25) is 15.9 Å². The number of sulfonamides is 1. The summed E-state index contributed by atoms with van der Waals surface area (Å²) in [4.78, 5) is 16.4. The molecule has 0 fully saturated rings. The fraction of sp³-hybridized carbons (Fsp3) is 0.444. The largest absolute Gasteiger partial charge is 0.349 e. The molecule has 1 amide bonds. The van der Waals surface area contributed by atoms with Crippen LogP contribution in [0.5, 0.6) is 0 Å². The van der Waals surface area contributed by atoms with Gasteiger partial charge in [0.1, 0.15) is 5.82 Å². The molecule has 1 aliphatic heterocycles. The smallest absolute Gasteiger partial charge is 0.243 e. The predicted octanol–water partition coefficient (Wildman–Crippen LogP) is 2.33. The van der Waals surface area contributed by atoms with Crippen molar-refractivity contribution in [3.8, 4) is 0 Å². The summed E-state index contributed by atoms with van der Waals surface area (Å²) in [5.41, 5.74) is 1.78. The molecule has 2 aromatic rings. The number of fused-ring (bicyclic) bond motifs is 1. The first-order valence-corrected chi connectivity index (χ1v) is 10.8. The van der Waals surface area contributed by atoms with Crippen molar-refractivity contribution in [3.63, 3.8) is 0 Å². The van der Waals surface area contributed by atoms with Crippen molar-refractivity contribution in [2.45, 2.75) is 51.2 Å². The number of imidazole rings is 1. The van der Waals surface area contributed by atoms with Crippen molar-refractivity contribution >= 4 is 27.5 Å². The van der Waals surface area contributed by atoms with Gasteiger partial charge < -0.3 is 9.88 Å². The Labute approximate surface area is 164 Å². The van der Waals surface area contributed by atoms with E-state index in [2.05, 4.69) is 10.3 Å². The molecule has 1 aromatic heterocycles. The van der Waals surface area contributed by atoms with Gasteiger partial charge >= 0.3 is 0 Å². The van der Waals surface area contributed by atoms with E-state index in [1.54, 1.807) is 25.1 Å². The van der Waals surface area contributed by atoms with Crippen molar-refractivity contribution in [2.75, 3.05) is 6.54 Å². The van der Waals surface area contributed by atoms with Crippen LogP contribution < -0.4 is 5.32 Å². The second-order valence-corrected chi connectivity index (χ2v) is 8.72. The number of halogens is 1. The maximum atomic E-state index is 13.0. The van der Waals surface area contributed by atoms with Gasteiger partial charge in [-0.15, -0.1) is 0 Å². The van der Waals surface area contributed by atoms with Crippen LogP contribution in [0.2, 0.25) is 5.02 Å². The predicted molar refractivity (Wildman–Crippen MR) is 103 cm³/mol. The summed E-state index contributed by atoms with van der Waals surface area (Å²) >= 11 is 5.96. The van der Waals surface area contributed by atoms with E-state index in [1.807, 2.05) is 11.5 Å². The van der Waals surface area contributed by atoms with E-state index in [-0.39, 0.29) is 17.3 Å². The monoisotopic (exact) mass is 410 g/mol. The Morgan fingerprint density at radius 3 is 2.78 bits per heavy atom. The highest BCUT2D eigenvalue weighted by molar-refractivity contribution is 7.89. The van der Waals surface area contributed by atoms with Gasteiger partial charge in [-0.2, -0.15) is 4.31 Å². The molecule has 0 aliphatic carbocycles. The van der Waals surface area contributed by atoms with E-state index in [4.69, 9.17) is 11.6 Å². The molecule has 0 radical (unpaired) electrons. The van der Waals surface area contributed by atoms with Gasteiger partial charge in [-0.05, 0) is 25.1 Å². The summed E-state index contributed by atoms with van der Waals surface area (Å²) in [5, 5.41) is 3.23. The number of benzene rings is 1. The molecule has 2 heterocycles. The van der Waals surface area contributed by atoms with E-state index in [1.165, 1.54) is 10.4 Å². The second kappa shape index (κ2) is 8.00. The first kappa shape index (κ1) is 19.9. The number of carbonyl (C=O) groups excluding carboxylic acids is 1. The number of nitrogens with zero attached hydrogens (tertiary/aromatic N) is 3. The van der Waals surface area contributed by atoms with Gasteiger partial charge in [0.05, 0.1) is 29.4 Å². The molecule has 0 atom stereocenters. The van der Waals surface area contributed by atoms with Crippen LogP contribution in [0.25, 0.3) is 0 Å². The van der Waals surface area contributed by atoms with Crippen LogP contribution in [0.4, 0.5) is 0 Å². The number of amides is 1. The molecule has 1 aliphatic rings. The summed E-state index contributed by atoms with van der Waals surface area (Å²) < 4.78 is 29.4. The number of aromatic nitrogens is 2. The Morgan fingerprint density at radius 2 is 2.11 bits per heavy atom. The molecule has 1 N–H and O–H groups in total. The van der Waals surface area contributed by atoms with Crippen molar-refractivity contribution in [1.82, 2.24) is 19.2 Å². The molecule has 27 heavy (non-hydrogen) atoms. The molecular formula is C18H23ClN4O3S. The van der Waals surface area contributed by atoms with Crippen LogP contribution >= 0.6 is 11.6 Å². The van der Waals surface area contributed by atoms with Crippen LogP contribution in [0.1, 0.15) is 37.5 Å². The average Bonchev–Trinajstić information content (AvgIpc) is 3.02. The van der Waals surface area contributed by atoms with Crippen LogP contribution in [-0.4, -0.2) is 34.7 Å². The quantitative estimate of drug-likeness (QED) is 0.792. The minimum atomic E-state index is -3.63. The fourth-order valence-electron chi connectivity index (χ4n) is 3.24. The first-order valence-electron chi connectivity index (χ1n) is 8.96. The third-order valence-electron chi connectivity index (χ3n) is 4.67. The number of nitrogens with one attached hydrogen (secondary N) is 1. The van der Waals surface area contributed by atoms with Gasteiger partial charge in [-0.3, -0.25) is 4.79 Å². The summed E-state index contributed by atoms with van der Waals surface area (Å²) in [7, 11) is -3.63. The van der Waals surface area contributed by atoms with E-state index in [9.17, 15) is 13.2 Å². The summed E-state index contributed by atoms with van der Waals surface area (Å²) in [6.07, 6.45) is 0.953. The summed E-state index contributed by atoms with van der Waals surface area (Å²) in [6, 6.07) is 6.31. The molecule has 3 rings (SSSR count). The Morgan fingerprint density at radius 1 is 1.33 bits per heavy atom. The summed E-state index contributed by atoms with van der Waals surface area (Å²) in [5.74, 6) is 0.718. The molecule has 0 spiro atoms. The van der Waals surface area contributed by atoms with Crippen LogP contribution in [0.15, 0.2) is 29.2 Å². The molecule has 0 bridgehead atoms. The standard InChI is InChI=1S/C18H23ClN4O3S/c1-3-18(24)20-11-17-21-15-8-9-22(12-16(15)23(17)4-2)27(25,26)14-7-5-6-13(19)10-14/h5-7,10H,3-4,8-9,11-12H2,1-2H3,(H,20,24). The van der Waals surface area contributed by atoms with E-state index < -0.39 is 10.0 Å². The zero-order valence-electron chi connectivity index (χ0n) is 15.4. The molecule has 0 saturated heterocycles. The highest BCUT2D eigenvalue weighted by Crippen LogP contribution is 2.27. The van der Waals surface area contributed by atoms with Crippen molar-refractivity contribution in [2.24, 2.45) is 0 Å². The number of hydrogen-bond acceptors (Lipinski definition) is 4. The number of rotatable bonds is 6. The zero-order chi connectivity index (χ0) is 19.6. The maximum absolute atomic E-state index is 13.0. The summed E-state index contributed by atoms with van der Waals surface area (Å²) in [6.45, 7) is 5.40.